The average molecular weight is 720 g/mol. The van der Waals surface area contributed by atoms with Gasteiger partial charge < -0.3 is 9.32 Å². The highest BCUT2D eigenvalue weighted by Gasteiger charge is 2.18. The standard InChI is InChI=1S/C52H33NOS/c1-2-12-34(13-3-1)37-14-10-15-40(32-37)53(38-28-24-35(25-29-38)41-20-11-21-45-43-17-6-8-22-48(43)54-52(41)45)39-30-26-36(27-31-39)47-33-50-51(44-18-5-4-16-42(44)47)46-19-7-9-23-49(46)55-50/h1-33H. The Hall–Kier alpha value is -6.94. The van der Waals surface area contributed by atoms with Crippen molar-refractivity contribution in [2.24, 2.45) is 0 Å². The number of fused-ring (bicyclic) bond motifs is 8. The summed E-state index contributed by atoms with van der Waals surface area (Å²) < 4.78 is 9.05. The summed E-state index contributed by atoms with van der Waals surface area (Å²) in [5.74, 6) is 0. The van der Waals surface area contributed by atoms with E-state index in [-0.39, 0.29) is 0 Å². The first-order valence-corrected chi connectivity index (χ1v) is 19.5. The van der Waals surface area contributed by atoms with Gasteiger partial charge in [0.05, 0.1) is 0 Å². The fourth-order valence-corrected chi connectivity index (χ4v) is 9.45. The van der Waals surface area contributed by atoms with Crippen LogP contribution in [0.3, 0.4) is 0 Å². The van der Waals surface area contributed by atoms with E-state index in [0.717, 1.165) is 50.1 Å². The minimum absolute atomic E-state index is 0.909. The van der Waals surface area contributed by atoms with Crippen molar-refractivity contribution in [2.75, 3.05) is 4.90 Å². The molecule has 2 nitrogen and oxygen atoms in total. The molecule has 0 aliphatic rings. The zero-order valence-electron chi connectivity index (χ0n) is 29.8. The highest BCUT2D eigenvalue weighted by molar-refractivity contribution is 7.26. The van der Waals surface area contributed by atoms with Gasteiger partial charge in [0.25, 0.3) is 0 Å². The van der Waals surface area contributed by atoms with Crippen LogP contribution in [-0.4, -0.2) is 0 Å². The van der Waals surface area contributed by atoms with Crippen molar-refractivity contribution in [3.8, 4) is 33.4 Å². The summed E-state index contributed by atoms with van der Waals surface area (Å²) in [5, 5.41) is 7.52. The third-order valence-corrected chi connectivity index (χ3v) is 12.0. The predicted octanol–water partition coefficient (Wildman–Crippen LogP) is 15.6. The molecule has 258 valence electrons. The van der Waals surface area contributed by atoms with Crippen LogP contribution in [0, 0.1) is 0 Å². The van der Waals surface area contributed by atoms with Crippen molar-refractivity contribution in [1.82, 2.24) is 0 Å². The third-order valence-electron chi connectivity index (χ3n) is 10.9. The quantitative estimate of drug-likeness (QED) is 0.170. The molecule has 0 N–H and O–H groups in total. The van der Waals surface area contributed by atoms with Crippen molar-refractivity contribution in [1.29, 1.82) is 0 Å². The van der Waals surface area contributed by atoms with Crippen LogP contribution in [0.25, 0.3) is 86.3 Å². The maximum absolute atomic E-state index is 6.41. The number of benzene rings is 9. The van der Waals surface area contributed by atoms with Crippen LogP contribution in [0.4, 0.5) is 17.1 Å². The SMILES string of the molecule is c1ccc(-c2cccc(N(c3ccc(-c4cc5sc6ccccc6c5c5ccccc45)cc3)c3ccc(-c4cccc5c4oc4ccccc45)cc3)c2)cc1. The van der Waals surface area contributed by atoms with Gasteiger partial charge in [-0.3, -0.25) is 0 Å². The Morgan fingerprint density at radius 1 is 0.345 bits per heavy atom. The lowest BCUT2D eigenvalue weighted by molar-refractivity contribution is 0.670. The van der Waals surface area contributed by atoms with Gasteiger partial charge in [0.2, 0.25) is 0 Å². The van der Waals surface area contributed by atoms with E-state index >= 15 is 0 Å². The molecule has 9 aromatic carbocycles. The highest BCUT2D eigenvalue weighted by atomic mass is 32.1. The van der Waals surface area contributed by atoms with Gasteiger partial charge in [0.1, 0.15) is 11.2 Å². The monoisotopic (exact) mass is 719 g/mol. The summed E-state index contributed by atoms with van der Waals surface area (Å²) >= 11 is 1.87. The Morgan fingerprint density at radius 3 is 1.73 bits per heavy atom. The van der Waals surface area contributed by atoms with E-state index in [1.54, 1.807) is 0 Å². The van der Waals surface area contributed by atoms with Gasteiger partial charge in [-0.25, -0.2) is 0 Å². The fourth-order valence-electron chi connectivity index (χ4n) is 8.28. The smallest absolute Gasteiger partial charge is 0.143 e. The number of nitrogens with zero attached hydrogens (tertiary/aromatic N) is 1. The van der Waals surface area contributed by atoms with Gasteiger partial charge in [-0.1, -0.05) is 146 Å². The van der Waals surface area contributed by atoms with E-state index in [1.807, 2.05) is 23.5 Å². The number of rotatable bonds is 6. The third kappa shape index (κ3) is 5.32. The van der Waals surface area contributed by atoms with Crippen molar-refractivity contribution in [2.45, 2.75) is 0 Å². The Kier molecular flexibility index (Phi) is 7.39. The molecule has 0 saturated carbocycles. The summed E-state index contributed by atoms with van der Waals surface area (Å²) in [4.78, 5) is 2.36. The first kappa shape index (κ1) is 31.6. The van der Waals surface area contributed by atoms with E-state index in [9.17, 15) is 0 Å². The van der Waals surface area contributed by atoms with Crippen LogP contribution in [0.15, 0.2) is 205 Å². The summed E-state index contributed by atoms with van der Waals surface area (Å²) in [6.07, 6.45) is 0. The van der Waals surface area contributed by atoms with Crippen LogP contribution in [-0.2, 0) is 0 Å². The van der Waals surface area contributed by atoms with Gasteiger partial charge in [-0.15, -0.1) is 11.3 Å². The molecule has 0 saturated heterocycles. The molecule has 0 aliphatic heterocycles. The maximum Gasteiger partial charge on any atom is 0.143 e. The molecule has 0 bridgehead atoms. The van der Waals surface area contributed by atoms with E-state index in [2.05, 4.69) is 193 Å². The highest BCUT2D eigenvalue weighted by Crippen LogP contribution is 2.44. The largest absolute Gasteiger partial charge is 0.455 e. The summed E-state index contributed by atoms with van der Waals surface area (Å²) in [5.41, 5.74) is 12.1. The summed E-state index contributed by atoms with van der Waals surface area (Å²) in [7, 11) is 0. The molecule has 0 radical (unpaired) electrons. The molecule has 2 heterocycles. The fraction of sp³-hybridized carbons (Fsp3) is 0. The second-order valence-electron chi connectivity index (χ2n) is 14.1. The second kappa shape index (κ2) is 12.9. The van der Waals surface area contributed by atoms with Crippen LogP contribution in [0.2, 0.25) is 0 Å². The lowest BCUT2D eigenvalue weighted by atomic mass is 9.95. The lowest BCUT2D eigenvalue weighted by Gasteiger charge is -2.26. The minimum Gasteiger partial charge on any atom is -0.455 e. The van der Waals surface area contributed by atoms with E-state index < -0.39 is 0 Å². The molecule has 0 aliphatic carbocycles. The molecule has 0 spiro atoms. The van der Waals surface area contributed by atoms with Gasteiger partial charge in [0.15, 0.2) is 0 Å². The topological polar surface area (TPSA) is 16.4 Å². The molecular weight excluding hydrogens is 687 g/mol. The zero-order chi connectivity index (χ0) is 36.3. The number of furan rings is 1. The Morgan fingerprint density at radius 2 is 0.945 bits per heavy atom. The van der Waals surface area contributed by atoms with Crippen molar-refractivity contribution in [3.05, 3.63) is 200 Å². The lowest BCUT2D eigenvalue weighted by Crippen LogP contribution is -2.10. The molecule has 11 rings (SSSR count). The minimum atomic E-state index is 0.909. The van der Waals surface area contributed by atoms with Crippen LogP contribution >= 0.6 is 11.3 Å². The summed E-state index contributed by atoms with van der Waals surface area (Å²) in [6, 6.07) is 72.1. The first-order valence-electron chi connectivity index (χ1n) is 18.7. The van der Waals surface area contributed by atoms with E-state index in [0.29, 0.717) is 0 Å². The molecular formula is C52H33NOS. The number of hydrogen-bond acceptors (Lipinski definition) is 3. The van der Waals surface area contributed by atoms with Gasteiger partial charge in [0, 0.05) is 53.6 Å². The molecule has 0 atom stereocenters. The van der Waals surface area contributed by atoms with Gasteiger partial charge in [-0.05, 0) is 93.2 Å². The first-order chi connectivity index (χ1) is 27.3. The molecule has 11 aromatic rings. The summed E-state index contributed by atoms with van der Waals surface area (Å²) in [6.45, 7) is 0. The number of para-hydroxylation sites is 2. The molecule has 0 fully saturated rings. The average Bonchev–Trinajstić information content (AvgIpc) is 3.83. The normalized spacial score (nSPS) is 11.6. The number of anilines is 3. The molecule has 55 heavy (non-hydrogen) atoms. The molecule has 0 amide bonds. The van der Waals surface area contributed by atoms with Gasteiger partial charge >= 0.3 is 0 Å². The molecule has 3 heteroatoms. The number of hydrogen-bond donors (Lipinski definition) is 0. The van der Waals surface area contributed by atoms with Crippen molar-refractivity contribution < 1.29 is 4.42 Å². The zero-order valence-corrected chi connectivity index (χ0v) is 30.6. The Balaban J connectivity index is 1.03. The van der Waals surface area contributed by atoms with E-state index in [1.165, 1.54) is 53.2 Å². The maximum atomic E-state index is 6.41. The van der Waals surface area contributed by atoms with Crippen LogP contribution in [0.5, 0.6) is 0 Å². The van der Waals surface area contributed by atoms with E-state index in [4.69, 9.17) is 4.42 Å². The van der Waals surface area contributed by atoms with Gasteiger partial charge in [-0.2, -0.15) is 0 Å². The Labute approximate surface area is 322 Å². The Bertz CT molecular complexity index is 3190. The molecule has 2 aromatic heterocycles. The number of thiophene rings is 1. The predicted molar refractivity (Wildman–Crippen MR) is 235 cm³/mol. The second-order valence-corrected chi connectivity index (χ2v) is 15.2. The van der Waals surface area contributed by atoms with Crippen molar-refractivity contribution in [3.63, 3.8) is 0 Å². The molecule has 0 unspecified atom stereocenters. The van der Waals surface area contributed by atoms with Crippen LogP contribution < -0.4 is 4.90 Å². The van der Waals surface area contributed by atoms with Crippen molar-refractivity contribution >= 4 is 81.3 Å². The van der Waals surface area contributed by atoms with Crippen LogP contribution in [0.1, 0.15) is 0 Å².